The van der Waals surface area contributed by atoms with Crippen molar-refractivity contribution < 1.29 is 9.22 Å². The molecule has 3 nitrogen and oxygen atoms in total. The van der Waals surface area contributed by atoms with Crippen LogP contribution in [0.1, 0.15) is 50.8 Å². The molecule has 0 radical (unpaired) electrons. The first-order chi connectivity index (χ1) is 18.6. The number of rotatable bonds is 8. The van der Waals surface area contributed by atoms with Gasteiger partial charge in [0.1, 0.15) is 0 Å². The molecule has 4 rings (SSSR count). The fraction of sp³-hybridized carbons (Fsp3) is 0.382. The summed E-state index contributed by atoms with van der Waals surface area (Å²) in [5.41, 5.74) is 4.56. The Morgan fingerprint density at radius 1 is 0.897 bits per heavy atom. The van der Waals surface area contributed by atoms with E-state index >= 15 is 0 Å². The summed E-state index contributed by atoms with van der Waals surface area (Å²) in [5, 5.41) is 0.493. The predicted octanol–water partition coefficient (Wildman–Crippen LogP) is 8.28. The summed E-state index contributed by atoms with van der Waals surface area (Å²) in [4.78, 5) is 14.9. The number of piperidine rings is 1. The van der Waals surface area contributed by atoms with Crippen molar-refractivity contribution in [2.24, 2.45) is 0 Å². The largest absolute Gasteiger partial charge is 0.413 e. The Balaban J connectivity index is 1.81. The summed E-state index contributed by atoms with van der Waals surface area (Å²) >= 11 is 1.47. The van der Waals surface area contributed by atoms with E-state index in [1.165, 1.54) is 34.0 Å². The molecule has 0 amide bonds. The van der Waals surface area contributed by atoms with Crippen molar-refractivity contribution in [2.45, 2.75) is 63.0 Å². The predicted molar refractivity (Wildman–Crippen MR) is 169 cm³/mol. The van der Waals surface area contributed by atoms with E-state index in [-0.39, 0.29) is 15.4 Å². The first-order valence-electron chi connectivity index (χ1n) is 14.0. The van der Waals surface area contributed by atoms with E-state index in [9.17, 15) is 4.79 Å². The van der Waals surface area contributed by atoms with Gasteiger partial charge in [0.2, 0.25) is 0 Å². The molecule has 0 aromatic heterocycles. The monoisotopic (exact) mass is 557 g/mol. The Kier molecular flexibility index (Phi) is 9.38. The molecule has 3 aromatic rings. The van der Waals surface area contributed by atoms with Gasteiger partial charge in [-0.15, -0.1) is 0 Å². The number of thioether (sulfide) groups is 1. The minimum absolute atomic E-state index is 0.153. The highest BCUT2D eigenvalue weighted by molar-refractivity contribution is 8.14. The van der Waals surface area contributed by atoms with Gasteiger partial charge in [-0.25, -0.2) is 0 Å². The fourth-order valence-corrected chi connectivity index (χ4v) is 7.22. The van der Waals surface area contributed by atoms with Crippen LogP contribution in [-0.4, -0.2) is 43.3 Å². The third-order valence-electron chi connectivity index (χ3n) is 8.40. The highest BCUT2D eigenvalue weighted by Gasteiger charge is 2.44. The minimum atomic E-state index is -1.89. The normalized spacial score (nSPS) is 18.3. The second-order valence-electron chi connectivity index (χ2n) is 12.0. The lowest BCUT2D eigenvalue weighted by Crippen LogP contribution is -2.52. The van der Waals surface area contributed by atoms with E-state index in [0.29, 0.717) is 6.61 Å². The van der Waals surface area contributed by atoms with E-state index < -0.39 is 13.9 Å². The zero-order valence-corrected chi connectivity index (χ0v) is 26.1. The van der Waals surface area contributed by atoms with Crippen LogP contribution in [-0.2, 0) is 14.8 Å². The molecule has 0 spiro atoms. The van der Waals surface area contributed by atoms with Crippen molar-refractivity contribution in [1.29, 1.82) is 0 Å². The number of nitrogens with zero attached hydrogens (tertiary/aromatic N) is 1. The second kappa shape index (κ2) is 12.4. The molecule has 1 aliphatic rings. The molecule has 1 unspecified atom stereocenters. The van der Waals surface area contributed by atoms with E-state index in [2.05, 4.69) is 136 Å². The van der Waals surface area contributed by atoms with Gasteiger partial charge in [0, 0.05) is 25.3 Å². The molecule has 0 aliphatic carbocycles. The van der Waals surface area contributed by atoms with Crippen molar-refractivity contribution >= 4 is 25.2 Å². The summed E-state index contributed by atoms with van der Waals surface area (Å²) in [5.74, 6) is 0. The number of likely N-dealkylation sites (tertiary alicyclic amines) is 1. The van der Waals surface area contributed by atoms with Crippen molar-refractivity contribution in [3.05, 3.63) is 119 Å². The van der Waals surface area contributed by atoms with Crippen molar-refractivity contribution in [1.82, 2.24) is 4.90 Å². The minimum Gasteiger partial charge on any atom is -0.413 e. The maximum absolute atomic E-state index is 12.3. The molecular formula is C34H43NO2SSi. The lowest BCUT2D eigenvalue weighted by molar-refractivity contribution is -0.109. The summed E-state index contributed by atoms with van der Waals surface area (Å²) in [6, 6.07) is 32.6. The zero-order chi connectivity index (χ0) is 28.1. The molecule has 1 fully saturated rings. The number of benzene rings is 3. The molecule has 0 saturated carbocycles. The highest BCUT2D eigenvalue weighted by atomic mass is 32.2. The summed E-state index contributed by atoms with van der Waals surface area (Å²) in [6.07, 6.45) is 3.18. The van der Waals surface area contributed by atoms with Crippen molar-refractivity contribution in [2.75, 3.05) is 19.7 Å². The smallest absolute Gasteiger partial charge is 0.192 e. The van der Waals surface area contributed by atoms with Gasteiger partial charge in [0.15, 0.2) is 13.4 Å². The number of carbonyl (C=O) groups excluding carboxylic acids is 1. The van der Waals surface area contributed by atoms with Crippen LogP contribution in [0.4, 0.5) is 0 Å². The molecule has 5 heteroatoms. The van der Waals surface area contributed by atoms with E-state index in [1.54, 1.807) is 6.92 Å². The summed E-state index contributed by atoms with van der Waals surface area (Å²) in [6.45, 7) is 15.3. The standard InChI is InChI=1S/C34H43NO2SSi/c1-27(36)38-32-22-24-35(26-28(32)23-25-37-39(5,6)33(2,3)4)34(29-16-10-7-11-17-29,30-18-12-8-13-19-30)31-20-14-9-15-21-31/h7-21,23,32H,22,24-26H2,1-6H3/b28-23+. The SMILES string of the molecule is CC(=O)SC1CCN(C(c2ccccc2)(c2ccccc2)c2ccccc2)C/C1=C\CO[Si](C)(C)C(C)(C)C. The number of hydrogen-bond donors (Lipinski definition) is 0. The molecular weight excluding hydrogens is 515 g/mol. The molecule has 0 N–H and O–H groups in total. The Hall–Kier alpha value is -2.44. The van der Waals surface area contributed by atoms with Crippen LogP contribution in [0.5, 0.6) is 0 Å². The Morgan fingerprint density at radius 3 is 1.77 bits per heavy atom. The lowest BCUT2D eigenvalue weighted by atomic mass is 9.74. The zero-order valence-electron chi connectivity index (χ0n) is 24.3. The third-order valence-corrected chi connectivity index (χ3v) is 14.1. The Bertz CT molecular complexity index is 1160. The van der Waals surface area contributed by atoms with Crippen LogP contribution in [0, 0.1) is 0 Å². The van der Waals surface area contributed by atoms with E-state index in [4.69, 9.17) is 4.43 Å². The van der Waals surface area contributed by atoms with E-state index in [1.807, 2.05) is 0 Å². The fourth-order valence-electron chi connectivity index (χ4n) is 5.34. The molecule has 39 heavy (non-hydrogen) atoms. The lowest BCUT2D eigenvalue weighted by Gasteiger charge is -2.49. The molecule has 3 aromatic carbocycles. The average Bonchev–Trinajstić information content (AvgIpc) is 2.91. The van der Waals surface area contributed by atoms with Crippen LogP contribution in [0.15, 0.2) is 103 Å². The Labute approximate surface area is 240 Å². The van der Waals surface area contributed by atoms with Crippen molar-refractivity contribution in [3.63, 3.8) is 0 Å². The van der Waals surface area contributed by atoms with Gasteiger partial charge < -0.3 is 4.43 Å². The van der Waals surface area contributed by atoms with Crippen LogP contribution in [0.2, 0.25) is 18.1 Å². The summed E-state index contributed by atoms with van der Waals surface area (Å²) < 4.78 is 6.57. The van der Waals surface area contributed by atoms with Crippen LogP contribution >= 0.6 is 11.8 Å². The quantitative estimate of drug-likeness (QED) is 0.158. The Morgan fingerprint density at radius 2 is 1.36 bits per heavy atom. The molecule has 206 valence electrons. The van der Waals surface area contributed by atoms with Crippen molar-refractivity contribution in [3.8, 4) is 0 Å². The molecule has 1 saturated heterocycles. The van der Waals surface area contributed by atoms with Gasteiger partial charge in [-0.3, -0.25) is 9.69 Å². The van der Waals surface area contributed by atoms with Gasteiger partial charge in [0.05, 0.1) is 12.1 Å². The maximum atomic E-state index is 12.3. The molecule has 0 bridgehead atoms. The summed E-state index contributed by atoms with van der Waals surface area (Å²) in [7, 11) is -1.89. The average molecular weight is 558 g/mol. The van der Waals surface area contributed by atoms with Crippen LogP contribution < -0.4 is 0 Å². The van der Waals surface area contributed by atoms with Gasteiger partial charge in [-0.2, -0.15) is 0 Å². The maximum Gasteiger partial charge on any atom is 0.192 e. The second-order valence-corrected chi connectivity index (χ2v) is 18.2. The van der Waals surface area contributed by atoms with Gasteiger partial charge in [-0.1, -0.05) is 130 Å². The first kappa shape index (κ1) is 29.5. The number of hydrogen-bond acceptors (Lipinski definition) is 4. The van der Waals surface area contributed by atoms with Gasteiger partial charge >= 0.3 is 0 Å². The van der Waals surface area contributed by atoms with Gasteiger partial charge in [-0.05, 0) is 46.8 Å². The molecule has 1 atom stereocenters. The first-order valence-corrected chi connectivity index (χ1v) is 17.8. The van der Waals surface area contributed by atoms with Crippen LogP contribution in [0.25, 0.3) is 0 Å². The van der Waals surface area contributed by atoms with E-state index in [0.717, 1.165) is 19.5 Å². The topological polar surface area (TPSA) is 29.5 Å². The highest BCUT2D eigenvalue weighted by Crippen LogP contribution is 2.45. The third kappa shape index (κ3) is 6.49. The van der Waals surface area contributed by atoms with Crippen LogP contribution in [0.3, 0.4) is 0 Å². The number of carbonyl (C=O) groups is 1. The molecule has 1 aliphatic heterocycles. The van der Waals surface area contributed by atoms with Gasteiger partial charge in [0.25, 0.3) is 0 Å². The molecule has 1 heterocycles.